The van der Waals surface area contributed by atoms with Crippen molar-refractivity contribution in [3.8, 4) is 0 Å². The van der Waals surface area contributed by atoms with E-state index in [0.29, 0.717) is 5.25 Å². The zero-order chi connectivity index (χ0) is 9.84. The summed E-state index contributed by atoms with van der Waals surface area (Å²) in [4.78, 5) is 0. The summed E-state index contributed by atoms with van der Waals surface area (Å²) in [6.45, 7) is 6.20. The first-order chi connectivity index (χ1) is 6.13. The van der Waals surface area contributed by atoms with E-state index in [9.17, 15) is 0 Å². The van der Waals surface area contributed by atoms with Gasteiger partial charge in [0.15, 0.2) is 4.34 Å². The Labute approximate surface area is 87.1 Å². The average Bonchev–Trinajstić information content (AvgIpc) is 2.49. The molecule has 0 bridgehead atoms. The predicted octanol–water partition coefficient (Wildman–Crippen LogP) is 2.06. The molecule has 13 heavy (non-hydrogen) atoms. The maximum Gasteiger partial charge on any atom is 0.174 e. The van der Waals surface area contributed by atoms with E-state index < -0.39 is 0 Å². The minimum absolute atomic E-state index is 0.245. The second-order valence-corrected chi connectivity index (χ2v) is 5.79. The highest BCUT2D eigenvalue weighted by Gasteiger charge is 2.14. The Morgan fingerprint density at radius 1 is 1.54 bits per heavy atom. The molecule has 1 heterocycles. The SMILES string of the molecule is CCC(N)C(C)Sc1nnc(C)s1. The molecule has 2 atom stereocenters. The van der Waals surface area contributed by atoms with Gasteiger partial charge in [-0.3, -0.25) is 0 Å². The molecule has 3 nitrogen and oxygen atoms in total. The third kappa shape index (κ3) is 3.25. The van der Waals surface area contributed by atoms with Crippen molar-refractivity contribution < 1.29 is 0 Å². The van der Waals surface area contributed by atoms with Crippen molar-refractivity contribution in [1.29, 1.82) is 0 Å². The number of nitrogens with zero attached hydrogens (tertiary/aromatic N) is 2. The molecule has 1 aromatic rings. The maximum atomic E-state index is 5.91. The zero-order valence-electron chi connectivity index (χ0n) is 8.15. The fraction of sp³-hybridized carbons (Fsp3) is 0.750. The van der Waals surface area contributed by atoms with Crippen LogP contribution >= 0.6 is 23.1 Å². The van der Waals surface area contributed by atoms with Crippen molar-refractivity contribution in [3.63, 3.8) is 0 Å². The van der Waals surface area contributed by atoms with Crippen molar-refractivity contribution in [2.75, 3.05) is 0 Å². The summed E-state index contributed by atoms with van der Waals surface area (Å²) in [5, 5.41) is 9.44. The van der Waals surface area contributed by atoms with Gasteiger partial charge in [-0.15, -0.1) is 10.2 Å². The monoisotopic (exact) mass is 217 g/mol. The Hall–Kier alpha value is -0.130. The van der Waals surface area contributed by atoms with Crippen LogP contribution in [0.3, 0.4) is 0 Å². The third-order valence-corrected chi connectivity index (χ3v) is 4.05. The summed E-state index contributed by atoms with van der Waals surface area (Å²) in [5.74, 6) is 0. The van der Waals surface area contributed by atoms with E-state index in [2.05, 4.69) is 24.0 Å². The number of aromatic nitrogens is 2. The van der Waals surface area contributed by atoms with E-state index in [1.165, 1.54) is 0 Å². The summed E-state index contributed by atoms with van der Waals surface area (Å²) < 4.78 is 1.02. The fourth-order valence-corrected chi connectivity index (χ4v) is 3.10. The highest BCUT2D eigenvalue weighted by Crippen LogP contribution is 2.27. The van der Waals surface area contributed by atoms with Gasteiger partial charge in [0, 0.05) is 11.3 Å². The second kappa shape index (κ2) is 4.93. The first-order valence-corrected chi connectivity index (χ1v) is 6.05. The van der Waals surface area contributed by atoms with Crippen LogP contribution in [0, 0.1) is 6.92 Å². The summed E-state index contributed by atoms with van der Waals surface area (Å²) in [7, 11) is 0. The van der Waals surface area contributed by atoms with Gasteiger partial charge in [0.25, 0.3) is 0 Å². The topological polar surface area (TPSA) is 51.8 Å². The van der Waals surface area contributed by atoms with Crippen LogP contribution in [0.5, 0.6) is 0 Å². The molecular weight excluding hydrogens is 202 g/mol. The number of rotatable bonds is 4. The van der Waals surface area contributed by atoms with Gasteiger partial charge in [-0.25, -0.2) is 0 Å². The molecule has 0 spiro atoms. The first-order valence-electron chi connectivity index (χ1n) is 4.35. The van der Waals surface area contributed by atoms with Crippen molar-refractivity contribution in [2.45, 2.75) is 42.8 Å². The van der Waals surface area contributed by atoms with Gasteiger partial charge < -0.3 is 5.73 Å². The lowest BCUT2D eigenvalue weighted by atomic mass is 10.2. The number of hydrogen-bond acceptors (Lipinski definition) is 5. The summed E-state index contributed by atoms with van der Waals surface area (Å²) >= 11 is 3.35. The smallest absolute Gasteiger partial charge is 0.174 e. The predicted molar refractivity (Wildman–Crippen MR) is 58.2 cm³/mol. The van der Waals surface area contributed by atoms with Gasteiger partial charge in [0.05, 0.1) is 0 Å². The Kier molecular flexibility index (Phi) is 4.15. The van der Waals surface area contributed by atoms with E-state index in [1.807, 2.05) is 6.92 Å². The number of hydrogen-bond donors (Lipinski definition) is 1. The van der Waals surface area contributed by atoms with Crippen LogP contribution in [0.25, 0.3) is 0 Å². The van der Waals surface area contributed by atoms with Gasteiger partial charge in [0.2, 0.25) is 0 Å². The zero-order valence-corrected chi connectivity index (χ0v) is 9.78. The van der Waals surface area contributed by atoms with Crippen LogP contribution in [-0.2, 0) is 0 Å². The lowest BCUT2D eigenvalue weighted by molar-refractivity contribution is 0.642. The molecule has 1 rings (SSSR count). The average molecular weight is 217 g/mol. The Balaban J connectivity index is 2.49. The molecule has 0 aliphatic rings. The first kappa shape index (κ1) is 10.9. The molecule has 2 unspecified atom stereocenters. The standard InChI is InChI=1S/C8H15N3S2/c1-4-7(9)5(2)12-8-11-10-6(3)13-8/h5,7H,4,9H2,1-3H3. The molecule has 0 fully saturated rings. The molecule has 0 radical (unpaired) electrons. The quantitative estimate of drug-likeness (QED) is 0.784. The third-order valence-electron chi connectivity index (χ3n) is 1.87. The number of nitrogens with two attached hydrogens (primary N) is 1. The Morgan fingerprint density at radius 2 is 2.23 bits per heavy atom. The number of thioether (sulfide) groups is 1. The van der Waals surface area contributed by atoms with E-state index >= 15 is 0 Å². The van der Waals surface area contributed by atoms with E-state index in [1.54, 1.807) is 23.1 Å². The lowest BCUT2D eigenvalue weighted by Gasteiger charge is -2.15. The molecule has 0 amide bonds. The van der Waals surface area contributed by atoms with Crippen LogP contribution in [-0.4, -0.2) is 21.5 Å². The minimum atomic E-state index is 0.245. The van der Waals surface area contributed by atoms with E-state index in [-0.39, 0.29) is 6.04 Å². The summed E-state index contributed by atoms with van der Waals surface area (Å²) in [6, 6.07) is 0.245. The largest absolute Gasteiger partial charge is 0.327 e. The lowest BCUT2D eigenvalue weighted by Crippen LogP contribution is -2.29. The fourth-order valence-electron chi connectivity index (χ4n) is 0.904. The van der Waals surface area contributed by atoms with E-state index in [0.717, 1.165) is 15.8 Å². The maximum absolute atomic E-state index is 5.91. The van der Waals surface area contributed by atoms with Crippen LogP contribution < -0.4 is 5.73 Å². The van der Waals surface area contributed by atoms with E-state index in [4.69, 9.17) is 5.73 Å². The minimum Gasteiger partial charge on any atom is -0.327 e. The van der Waals surface area contributed by atoms with Crippen LogP contribution in [0.15, 0.2) is 4.34 Å². The highest BCUT2D eigenvalue weighted by molar-refractivity contribution is 8.01. The molecule has 1 aromatic heterocycles. The summed E-state index contributed by atoms with van der Waals surface area (Å²) in [6.07, 6.45) is 1.01. The van der Waals surface area contributed by atoms with Crippen molar-refractivity contribution in [2.24, 2.45) is 5.73 Å². The van der Waals surface area contributed by atoms with Crippen molar-refractivity contribution >= 4 is 23.1 Å². The van der Waals surface area contributed by atoms with Crippen molar-refractivity contribution in [3.05, 3.63) is 5.01 Å². The molecule has 0 saturated carbocycles. The van der Waals surface area contributed by atoms with Gasteiger partial charge in [-0.2, -0.15) is 0 Å². The molecular formula is C8H15N3S2. The summed E-state index contributed by atoms with van der Waals surface area (Å²) in [5.41, 5.74) is 5.91. The van der Waals surface area contributed by atoms with Gasteiger partial charge in [-0.1, -0.05) is 36.9 Å². The molecule has 2 N–H and O–H groups in total. The molecule has 5 heteroatoms. The second-order valence-electron chi connectivity index (χ2n) is 2.98. The van der Waals surface area contributed by atoms with Crippen LogP contribution in [0.1, 0.15) is 25.3 Å². The molecule has 0 aliphatic heterocycles. The van der Waals surface area contributed by atoms with Crippen LogP contribution in [0.4, 0.5) is 0 Å². The van der Waals surface area contributed by atoms with Gasteiger partial charge >= 0.3 is 0 Å². The van der Waals surface area contributed by atoms with Gasteiger partial charge in [0.1, 0.15) is 5.01 Å². The van der Waals surface area contributed by atoms with Crippen LogP contribution in [0.2, 0.25) is 0 Å². The molecule has 0 aromatic carbocycles. The molecule has 74 valence electrons. The normalized spacial score (nSPS) is 15.7. The number of aryl methyl sites for hydroxylation is 1. The Morgan fingerprint density at radius 3 is 2.69 bits per heavy atom. The Bertz CT molecular complexity index is 262. The highest BCUT2D eigenvalue weighted by atomic mass is 32.2. The molecule has 0 aliphatic carbocycles. The molecule has 0 saturated heterocycles. The van der Waals surface area contributed by atoms with Crippen molar-refractivity contribution in [1.82, 2.24) is 10.2 Å². The van der Waals surface area contributed by atoms with Gasteiger partial charge in [-0.05, 0) is 13.3 Å².